The van der Waals surface area contributed by atoms with E-state index < -0.39 is 0 Å². The molecule has 0 spiro atoms. The molecule has 1 aliphatic rings. The second-order valence-electron chi connectivity index (χ2n) is 6.33. The number of rotatable bonds is 5. The van der Waals surface area contributed by atoms with Crippen LogP contribution in [-0.2, 0) is 11.8 Å². The largest absolute Gasteiger partial charge is 0.497 e. The fourth-order valence-corrected chi connectivity index (χ4v) is 4.22. The molecule has 1 aliphatic carbocycles. The van der Waals surface area contributed by atoms with Crippen molar-refractivity contribution in [2.75, 3.05) is 14.2 Å². The fraction of sp³-hybridized carbons (Fsp3) is 0.667. The Labute approximate surface area is 123 Å². The van der Waals surface area contributed by atoms with Crippen LogP contribution in [0.3, 0.4) is 0 Å². The normalized spacial score (nSPS) is 29.1. The van der Waals surface area contributed by atoms with Crippen LogP contribution in [0, 0.1) is 5.92 Å². The topological polar surface area (TPSA) is 21.3 Å². The molecule has 0 aliphatic heterocycles. The van der Waals surface area contributed by atoms with Crippen LogP contribution < -0.4 is 10.1 Å². The highest BCUT2D eigenvalue weighted by Crippen LogP contribution is 2.45. The van der Waals surface area contributed by atoms with Crippen molar-refractivity contribution in [3.8, 4) is 5.75 Å². The van der Waals surface area contributed by atoms with Gasteiger partial charge in [0.1, 0.15) is 5.75 Å². The molecule has 2 heteroatoms. The van der Waals surface area contributed by atoms with E-state index >= 15 is 0 Å². The zero-order valence-electron chi connectivity index (χ0n) is 13.6. The van der Waals surface area contributed by atoms with Crippen molar-refractivity contribution >= 4 is 0 Å². The van der Waals surface area contributed by atoms with Gasteiger partial charge < -0.3 is 10.1 Å². The lowest BCUT2D eigenvalue weighted by Gasteiger charge is -2.47. The third-order valence-electron chi connectivity index (χ3n) is 5.18. The Morgan fingerprint density at radius 1 is 1.35 bits per heavy atom. The van der Waals surface area contributed by atoms with E-state index in [0.717, 1.165) is 11.7 Å². The summed E-state index contributed by atoms with van der Waals surface area (Å²) in [5, 5.41) is 3.62. The van der Waals surface area contributed by atoms with Gasteiger partial charge in [0.25, 0.3) is 0 Å². The summed E-state index contributed by atoms with van der Waals surface area (Å²) in [6, 6.07) is 7.20. The SMILES string of the molecule is CCC[C@]1(C)c2cc(OC)ccc2C[C@H](CC)[C@@H]1NC. The number of hydrogen-bond donors (Lipinski definition) is 1. The van der Waals surface area contributed by atoms with Gasteiger partial charge in [0.05, 0.1) is 7.11 Å². The molecule has 2 rings (SSSR count). The van der Waals surface area contributed by atoms with Gasteiger partial charge in [0.2, 0.25) is 0 Å². The zero-order chi connectivity index (χ0) is 14.8. The molecule has 1 aromatic carbocycles. The minimum absolute atomic E-state index is 0.201. The summed E-state index contributed by atoms with van der Waals surface area (Å²) in [7, 11) is 3.87. The van der Waals surface area contributed by atoms with E-state index in [0.29, 0.717) is 6.04 Å². The number of ether oxygens (including phenoxy) is 1. The van der Waals surface area contributed by atoms with E-state index in [-0.39, 0.29) is 5.41 Å². The molecule has 20 heavy (non-hydrogen) atoms. The first kappa shape index (κ1) is 15.4. The predicted octanol–water partition coefficient (Wildman–Crippen LogP) is 3.92. The van der Waals surface area contributed by atoms with Gasteiger partial charge >= 0.3 is 0 Å². The van der Waals surface area contributed by atoms with Gasteiger partial charge in [-0.05, 0) is 49.1 Å². The number of likely N-dealkylation sites (N-methyl/N-ethyl adjacent to an activating group) is 1. The Bertz CT molecular complexity index is 457. The van der Waals surface area contributed by atoms with E-state index in [1.807, 2.05) is 0 Å². The van der Waals surface area contributed by atoms with Crippen molar-refractivity contribution in [1.29, 1.82) is 0 Å². The lowest BCUT2D eigenvalue weighted by atomic mass is 9.61. The third kappa shape index (κ3) is 2.46. The van der Waals surface area contributed by atoms with Crippen molar-refractivity contribution in [1.82, 2.24) is 5.32 Å². The maximum Gasteiger partial charge on any atom is 0.119 e. The zero-order valence-corrected chi connectivity index (χ0v) is 13.6. The molecule has 0 aromatic heterocycles. The number of nitrogens with one attached hydrogen (secondary N) is 1. The lowest BCUT2D eigenvalue weighted by molar-refractivity contribution is 0.199. The lowest BCUT2D eigenvalue weighted by Crippen LogP contribution is -2.53. The summed E-state index contributed by atoms with van der Waals surface area (Å²) in [5.74, 6) is 1.70. The van der Waals surface area contributed by atoms with Crippen LogP contribution in [0.15, 0.2) is 18.2 Å². The van der Waals surface area contributed by atoms with Crippen molar-refractivity contribution in [2.24, 2.45) is 5.92 Å². The van der Waals surface area contributed by atoms with E-state index in [2.05, 4.69) is 51.3 Å². The molecule has 0 saturated heterocycles. The van der Waals surface area contributed by atoms with Crippen molar-refractivity contribution in [3.05, 3.63) is 29.3 Å². The average molecular weight is 275 g/mol. The monoisotopic (exact) mass is 275 g/mol. The van der Waals surface area contributed by atoms with Gasteiger partial charge in [-0.15, -0.1) is 0 Å². The Morgan fingerprint density at radius 3 is 2.65 bits per heavy atom. The maximum absolute atomic E-state index is 5.45. The Morgan fingerprint density at radius 2 is 2.10 bits per heavy atom. The van der Waals surface area contributed by atoms with Crippen LogP contribution >= 0.6 is 0 Å². The average Bonchev–Trinajstić information content (AvgIpc) is 2.46. The van der Waals surface area contributed by atoms with E-state index in [1.165, 1.54) is 36.8 Å². The summed E-state index contributed by atoms with van der Waals surface area (Å²) < 4.78 is 5.45. The number of hydrogen-bond acceptors (Lipinski definition) is 2. The van der Waals surface area contributed by atoms with E-state index in [9.17, 15) is 0 Å². The molecule has 1 N–H and O–H groups in total. The Kier molecular flexibility index (Phi) is 4.74. The number of methoxy groups -OCH3 is 1. The van der Waals surface area contributed by atoms with Gasteiger partial charge in [-0.2, -0.15) is 0 Å². The van der Waals surface area contributed by atoms with Crippen LogP contribution in [0.5, 0.6) is 5.75 Å². The summed E-state index contributed by atoms with van der Waals surface area (Å²) in [6.07, 6.45) is 4.84. The first-order valence-electron chi connectivity index (χ1n) is 7.95. The summed E-state index contributed by atoms with van der Waals surface area (Å²) in [4.78, 5) is 0. The molecular weight excluding hydrogens is 246 g/mol. The van der Waals surface area contributed by atoms with Crippen molar-refractivity contribution in [2.45, 2.75) is 57.9 Å². The molecule has 0 bridgehead atoms. The summed E-state index contributed by atoms with van der Waals surface area (Å²) >= 11 is 0. The molecule has 1 aromatic rings. The highest BCUT2D eigenvalue weighted by atomic mass is 16.5. The second kappa shape index (κ2) is 6.17. The van der Waals surface area contributed by atoms with E-state index in [1.54, 1.807) is 7.11 Å². The van der Waals surface area contributed by atoms with Crippen LogP contribution in [0.1, 0.15) is 51.2 Å². The highest BCUT2D eigenvalue weighted by molar-refractivity contribution is 5.44. The second-order valence-corrected chi connectivity index (χ2v) is 6.33. The first-order chi connectivity index (χ1) is 9.60. The molecule has 3 atom stereocenters. The maximum atomic E-state index is 5.45. The molecule has 0 unspecified atom stereocenters. The molecular formula is C18H29NO. The first-order valence-corrected chi connectivity index (χ1v) is 7.95. The molecule has 0 amide bonds. The standard InChI is InChI=1S/C18H29NO/c1-6-10-18(3)16-12-15(20-5)9-8-14(16)11-13(7-2)17(18)19-4/h8-9,12-13,17,19H,6-7,10-11H2,1-5H3/t13-,17-,18+/m0/s1. The number of benzene rings is 1. The highest BCUT2D eigenvalue weighted by Gasteiger charge is 2.43. The quantitative estimate of drug-likeness (QED) is 0.879. The molecule has 0 radical (unpaired) electrons. The molecule has 112 valence electrons. The van der Waals surface area contributed by atoms with Gasteiger partial charge in [-0.1, -0.05) is 39.7 Å². The van der Waals surface area contributed by atoms with Crippen molar-refractivity contribution in [3.63, 3.8) is 0 Å². The molecule has 0 saturated carbocycles. The van der Waals surface area contributed by atoms with Gasteiger partial charge in [0, 0.05) is 11.5 Å². The molecule has 2 nitrogen and oxygen atoms in total. The third-order valence-corrected chi connectivity index (χ3v) is 5.18. The molecule has 0 heterocycles. The number of fused-ring (bicyclic) bond motifs is 1. The van der Waals surface area contributed by atoms with Gasteiger partial charge in [-0.3, -0.25) is 0 Å². The smallest absolute Gasteiger partial charge is 0.119 e. The van der Waals surface area contributed by atoms with Gasteiger partial charge in [-0.25, -0.2) is 0 Å². The fourth-order valence-electron chi connectivity index (χ4n) is 4.22. The minimum atomic E-state index is 0.201. The molecule has 0 fully saturated rings. The van der Waals surface area contributed by atoms with Gasteiger partial charge in [0.15, 0.2) is 0 Å². The van der Waals surface area contributed by atoms with Crippen LogP contribution in [0.25, 0.3) is 0 Å². The minimum Gasteiger partial charge on any atom is -0.497 e. The Balaban J connectivity index is 2.54. The summed E-state index contributed by atoms with van der Waals surface area (Å²) in [6.45, 7) is 7.03. The van der Waals surface area contributed by atoms with Crippen LogP contribution in [-0.4, -0.2) is 20.2 Å². The van der Waals surface area contributed by atoms with E-state index in [4.69, 9.17) is 4.74 Å². The Hall–Kier alpha value is -1.02. The summed E-state index contributed by atoms with van der Waals surface area (Å²) in [5.41, 5.74) is 3.20. The predicted molar refractivity (Wildman–Crippen MR) is 85.6 cm³/mol. The van der Waals surface area contributed by atoms with Crippen molar-refractivity contribution < 1.29 is 4.74 Å². The van der Waals surface area contributed by atoms with Crippen LogP contribution in [0.4, 0.5) is 0 Å². The van der Waals surface area contributed by atoms with Crippen LogP contribution in [0.2, 0.25) is 0 Å².